The van der Waals surface area contributed by atoms with Gasteiger partial charge in [0.15, 0.2) is 0 Å². The predicted octanol–water partition coefficient (Wildman–Crippen LogP) is 4.11. The molecule has 0 aliphatic carbocycles. The summed E-state index contributed by atoms with van der Waals surface area (Å²) in [6, 6.07) is 5.74. The molecular formula is C15H22BrClN2O2. The van der Waals surface area contributed by atoms with Crippen molar-refractivity contribution in [3.8, 4) is 0 Å². The summed E-state index contributed by atoms with van der Waals surface area (Å²) in [6.07, 6.45) is -0.404. The van der Waals surface area contributed by atoms with Crippen LogP contribution in [-0.2, 0) is 11.3 Å². The molecule has 1 amide bonds. The molecule has 0 saturated carbocycles. The fourth-order valence-corrected chi connectivity index (χ4v) is 2.39. The highest BCUT2D eigenvalue weighted by atomic mass is 79.9. The van der Waals surface area contributed by atoms with Crippen LogP contribution >= 0.6 is 27.5 Å². The summed E-state index contributed by atoms with van der Waals surface area (Å²) < 4.78 is 6.16. The predicted molar refractivity (Wildman–Crippen MR) is 89.7 cm³/mol. The monoisotopic (exact) mass is 376 g/mol. The molecule has 4 nitrogen and oxygen atoms in total. The average molecular weight is 378 g/mol. The van der Waals surface area contributed by atoms with Crippen molar-refractivity contribution >= 4 is 33.6 Å². The average Bonchev–Trinajstić information content (AvgIpc) is 2.29. The summed E-state index contributed by atoms with van der Waals surface area (Å²) in [5, 5.41) is 6.75. The number of halogens is 2. The molecule has 118 valence electrons. The molecule has 0 radical (unpaired) electrons. The SMILES string of the molecule is CC(CNCc1ccc(Br)cc1Cl)NC(=O)OC(C)(C)C. The Morgan fingerprint density at radius 2 is 2.10 bits per heavy atom. The van der Waals surface area contributed by atoms with Crippen LogP contribution in [-0.4, -0.2) is 24.3 Å². The molecule has 1 unspecified atom stereocenters. The molecule has 0 heterocycles. The Labute approximate surface area is 139 Å². The lowest BCUT2D eigenvalue weighted by atomic mass is 10.2. The van der Waals surface area contributed by atoms with Gasteiger partial charge in [-0.3, -0.25) is 0 Å². The largest absolute Gasteiger partial charge is 0.444 e. The normalized spacial score (nSPS) is 12.9. The fraction of sp³-hybridized carbons (Fsp3) is 0.533. The molecule has 1 aromatic carbocycles. The third kappa shape index (κ3) is 7.69. The molecule has 0 aromatic heterocycles. The number of nitrogens with one attached hydrogen (secondary N) is 2. The smallest absolute Gasteiger partial charge is 0.407 e. The van der Waals surface area contributed by atoms with Crippen LogP contribution in [0.1, 0.15) is 33.3 Å². The number of carbonyl (C=O) groups is 1. The van der Waals surface area contributed by atoms with E-state index in [2.05, 4.69) is 26.6 Å². The molecule has 0 bridgehead atoms. The van der Waals surface area contributed by atoms with Crippen molar-refractivity contribution in [1.29, 1.82) is 0 Å². The van der Waals surface area contributed by atoms with Crippen LogP contribution in [0.25, 0.3) is 0 Å². The number of carbonyl (C=O) groups excluding carboxylic acids is 1. The molecule has 0 spiro atoms. The number of amides is 1. The zero-order valence-corrected chi connectivity index (χ0v) is 15.1. The fourth-order valence-electron chi connectivity index (χ4n) is 1.65. The first-order chi connectivity index (χ1) is 9.67. The third-order valence-electron chi connectivity index (χ3n) is 2.54. The zero-order valence-electron chi connectivity index (χ0n) is 12.8. The molecule has 1 aromatic rings. The first-order valence-electron chi connectivity index (χ1n) is 6.81. The van der Waals surface area contributed by atoms with E-state index in [1.165, 1.54) is 0 Å². The van der Waals surface area contributed by atoms with Gasteiger partial charge in [0.2, 0.25) is 0 Å². The van der Waals surface area contributed by atoms with Gasteiger partial charge in [0, 0.05) is 28.6 Å². The molecule has 1 rings (SSSR count). The Hall–Kier alpha value is -0.780. The minimum absolute atomic E-state index is 0.0333. The van der Waals surface area contributed by atoms with E-state index in [9.17, 15) is 4.79 Å². The molecule has 0 aliphatic heterocycles. The Kier molecular flexibility index (Phi) is 6.97. The van der Waals surface area contributed by atoms with Crippen molar-refractivity contribution in [3.63, 3.8) is 0 Å². The van der Waals surface area contributed by atoms with E-state index in [0.717, 1.165) is 10.0 Å². The summed E-state index contributed by atoms with van der Waals surface area (Å²) in [5.74, 6) is 0. The van der Waals surface area contributed by atoms with E-state index in [-0.39, 0.29) is 6.04 Å². The number of benzene rings is 1. The van der Waals surface area contributed by atoms with Crippen molar-refractivity contribution in [2.45, 2.75) is 45.9 Å². The van der Waals surface area contributed by atoms with Gasteiger partial charge in [-0.15, -0.1) is 0 Å². The molecule has 6 heteroatoms. The highest BCUT2D eigenvalue weighted by Crippen LogP contribution is 2.21. The number of hydrogen-bond donors (Lipinski definition) is 2. The second-order valence-corrected chi connectivity index (χ2v) is 7.24. The molecule has 0 saturated heterocycles. The minimum Gasteiger partial charge on any atom is -0.444 e. The van der Waals surface area contributed by atoms with Crippen LogP contribution in [0.15, 0.2) is 22.7 Å². The van der Waals surface area contributed by atoms with Crippen LogP contribution in [0.2, 0.25) is 5.02 Å². The lowest BCUT2D eigenvalue weighted by Gasteiger charge is -2.22. The highest BCUT2D eigenvalue weighted by Gasteiger charge is 2.17. The number of hydrogen-bond acceptors (Lipinski definition) is 3. The van der Waals surface area contributed by atoms with Crippen LogP contribution < -0.4 is 10.6 Å². The van der Waals surface area contributed by atoms with Crippen molar-refractivity contribution in [2.75, 3.05) is 6.54 Å². The van der Waals surface area contributed by atoms with E-state index in [1.807, 2.05) is 45.9 Å². The van der Waals surface area contributed by atoms with Crippen molar-refractivity contribution in [2.24, 2.45) is 0 Å². The highest BCUT2D eigenvalue weighted by molar-refractivity contribution is 9.10. The Morgan fingerprint density at radius 3 is 2.67 bits per heavy atom. The Bertz CT molecular complexity index is 489. The van der Waals surface area contributed by atoms with E-state index in [0.29, 0.717) is 18.1 Å². The standard InChI is InChI=1S/C15H22BrClN2O2/c1-10(19-14(20)21-15(2,3)4)8-18-9-11-5-6-12(16)7-13(11)17/h5-7,10,18H,8-9H2,1-4H3,(H,19,20). The van der Waals surface area contributed by atoms with Gasteiger partial charge < -0.3 is 15.4 Å². The second kappa shape index (κ2) is 8.01. The van der Waals surface area contributed by atoms with Gasteiger partial charge in [-0.05, 0) is 45.4 Å². The molecule has 1 atom stereocenters. The Morgan fingerprint density at radius 1 is 1.43 bits per heavy atom. The van der Waals surface area contributed by atoms with Gasteiger partial charge >= 0.3 is 6.09 Å². The summed E-state index contributed by atoms with van der Waals surface area (Å²) in [6.45, 7) is 8.71. The van der Waals surface area contributed by atoms with Gasteiger partial charge in [-0.2, -0.15) is 0 Å². The first kappa shape index (κ1) is 18.3. The summed E-state index contributed by atoms with van der Waals surface area (Å²) in [4.78, 5) is 11.6. The van der Waals surface area contributed by atoms with Gasteiger partial charge in [0.1, 0.15) is 5.60 Å². The van der Waals surface area contributed by atoms with Gasteiger partial charge in [0.25, 0.3) is 0 Å². The maximum atomic E-state index is 11.6. The molecular weight excluding hydrogens is 356 g/mol. The third-order valence-corrected chi connectivity index (χ3v) is 3.39. The van der Waals surface area contributed by atoms with Gasteiger partial charge in [-0.25, -0.2) is 4.79 Å². The lowest BCUT2D eigenvalue weighted by molar-refractivity contribution is 0.0508. The quantitative estimate of drug-likeness (QED) is 0.812. The number of alkyl carbamates (subject to hydrolysis) is 1. The van der Waals surface area contributed by atoms with E-state index in [4.69, 9.17) is 16.3 Å². The van der Waals surface area contributed by atoms with Crippen LogP contribution in [0.3, 0.4) is 0 Å². The summed E-state index contributed by atoms with van der Waals surface area (Å²) in [5.41, 5.74) is 0.534. The number of ether oxygens (including phenoxy) is 1. The number of rotatable bonds is 5. The molecule has 0 fully saturated rings. The first-order valence-corrected chi connectivity index (χ1v) is 7.98. The topological polar surface area (TPSA) is 50.4 Å². The van der Waals surface area contributed by atoms with Crippen molar-refractivity contribution < 1.29 is 9.53 Å². The maximum Gasteiger partial charge on any atom is 0.407 e. The van der Waals surface area contributed by atoms with E-state index in [1.54, 1.807) is 0 Å². The van der Waals surface area contributed by atoms with E-state index < -0.39 is 11.7 Å². The van der Waals surface area contributed by atoms with E-state index >= 15 is 0 Å². The zero-order chi connectivity index (χ0) is 16.0. The Balaban J connectivity index is 2.33. The van der Waals surface area contributed by atoms with Gasteiger partial charge in [-0.1, -0.05) is 33.6 Å². The second-order valence-electron chi connectivity index (χ2n) is 5.91. The summed E-state index contributed by atoms with van der Waals surface area (Å²) in [7, 11) is 0. The molecule has 0 aliphatic rings. The molecule has 21 heavy (non-hydrogen) atoms. The molecule has 2 N–H and O–H groups in total. The summed E-state index contributed by atoms with van der Waals surface area (Å²) >= 11 is 9.51. The van der Waals surface area contributed by atoms with Crippen molar-refractivity contribution in [3.05, 3.63) is 33.3 Å². The minimum atomic E-state index is -0.484. The van der Waals surface area contributed by atoms with Gasteiger partial charge in [0.05, 0.1) is 0 Å². The maximum absolute atomic E-state index is 11.6. The van der Waals surface area contributed by atoms with Crippen LogP contribution in [0.5, 0.6) is 0 Å². The lowest BCUT2D eigenvalue weighted by Crippen LogP contribution is -2.42. The van der Waals surface area contributed by atoms with Crippen LogP contribution in [0.4, 0.5) is 4.79 Å². The van der Waals surface area contributed by atoms with Crippen molar-refractivity contribution in [1.82, 2.24) is 10.6 Å². The van der Waals surface area contributed by atoms with Crippen LogP contribution in [0, 0.1) is 0 Å².